The largest absolute Gasteiger partial charge is 0.425 e. The first-order valence-electron chi connectivity index (χ1n) is 7.40. The Hall–Kier alpha value is -1.68. The monoisotopic (exact) mass is 271 g/mol. The molecule has 106 valence electrons. The third-order valence-corrected chi connectivity index (χ3v) is 4.00. The summed E-state index contributed by atoms with van der Waals surface area (Å²) in [5.41, 5.74) is 2.90. The third-order valence-electron chi connectivity index (χ3n) is 4.00. The van der Waals surface area contributed by atoms with Crippen LogP contribution in [-0.2, 0) is 19.3 Å². The molecule has 1 aliphatic rings. The molecule has 4 heteroatoms. The van der Waals surface area contributed by atoms with Gasteiger partial charge < -0.3 is 9.73 Å². The number of nitrogens with one attached hydrogen (secondary N) is 1. The summed E-state index contributed by atoms with van der Waals surface area (Å²) in [7, 11) is 1.96. The fourth-order valence-corrected chi connectivity index (χ4v) is 2.86. The fraction of sp³-hybridized carbons (Fsp3) is 0.500. The van der Waals surface area contributed by atoms with Crippen molar-refractivity contribution in [2.24, 2.45) is 0 Å². The van der Waals surface area contributed by atoms with Crippen molar-refractivity contribution in [3.8, 4) is 0 Å². The summed E-state index contributed by atoms with van der Waals surface area (Å²) in [6.07, 6.45) is 5.13. The quantitative estimate of drug-likeness (QED) is 0.849. The third kappa shape index (κ3) is 2.90. The Bertz CT molecular complexity index is 564. The number of aromatic nitrogens is 2. The van der Waals surface area contributed by atoms with Crippen molar-refractivity contribution >= 4 is 0 Å². The first kappa shape index (κ1) is 13.3. The lowest BCUT2D eigenvalue weighted by Crippen LogP contribution is -2.12. The van der Waals surface area contributed by atoms with Crippen LogP contribution in [0, 0.1) is 0 Å². The van der Waals surface area contributed by atoms with E-state index in [-0.39, 0.29) is 0 Å². The molecule has 0 bridgehead atoms. The van der Waals surface area contributed by atoms with Gasteiger partial charge >= 0.3 is 0 Å². The molecule has 1 aromatic heterocycles. The zero-order chi connectivity index (χ0) is 13.8. The van der Waals surface area contributed by atoms with Crippen LogP contribution in [-0.4, -0.2) is 23.8 Å². The fourth-order valence-electron chi connectivity index (χ4n) is 2.86. The Labute approximate surface area is 119 Å². The van der Waals surface area contributed by atoms with Crippen molar-refractivity contribution in [2.75, 3.05) is 13.6 Å². The van der Waals surface area contributed by atoms with Crippen molar-refractivity contribution in [2.45, 2.75) is 38.0 Å². The van der Waals surface area contributed by atoms with Crippen LogP contribution >= 0.6 is 0 Å². The summed E-state index contributed by atoms with van der Waals surface area (Å²) in [6.45, 7) is 0.981. The molecule has 1 atom stereocenters. The predicted octanol–water partition coefficient (Wildman–Crippen LogP) is 2.49. The highest BCUT2D eigenvalue weighted by atomic mass is 16.4. The van der Waals surface area contributed by atoms with Crippen molar-refractivity contribution in [3.05, 3.63) is 47.2 Å². The molecular formula is C16H21N3O. The second-order valence-electron chi connectivity index (χ2n) is 5.45. The Morgan fingerprint density at radius 3 is 2.95 bits per heavy atom. The molecule has 0 aliphatic heterocycles. The summed E-state index contributed by atoms with van der Waals surface area (Å²) in [6, 6.07) is 8.66. The number of hydrogen-bond acceptors (Lipinski definition) is 4. The van der Waals surface area contributed by atoms with E-state index in [1.165, 1.54) is 11.1 Å². The summed E-state index contributed by atoms with van der Waals surface area (Å²) in [5.74, 6) is 1.98. The van der Waals surface area contributed by atoms with Crippen LogP contribution in [0.3, 0.4) is 0 Å². The van der Waals surface area contributed by atoms with Gasteiger partial charge in [0.25, 0.3) is 0 Å². The van der Waals surface area contributed by atoms with Crippen LogP contribution in [0.25, 0.3) is 0 Å². The lowest BCUT2D eigenvalue weighted by Gasteiger charge is -2.21. The smallest absolute Gasteiger partial charge is 0.219 e. The standard InChI is InChI=1S/C16H21N3O/c1-17-10-4-7-15-18-19-16(20-15)14-9-8-12-5-2-3-6-13(12)11-14/h2-3,5-6,14,17H,4,7-11H2,1H3. The molecule has 20 heavy (non-hydrogen) atoms. The van der Waals surface area contributed by atoms with Gasteiger partial charge in [-0.3, -0.25) is 0 Å². The lowest BCUT2D eigenvalue weighted by atomic mass is 9.84. The summed E-state index contributed by atoms with van der Waals surface area (Å²) >= 11 is 0. The molecule has 2 aromatic rings. The SMILES string of the molecule is CNCCCc1nnc(C2CCc3ccccc3C2)o1. The molecule has 1 unspecified atom stereocenters. The number of nitrogens with zero attached hydrogens (tertiary/aromatic N) is 2. The topological polar surface area (TPSA) is 51.0 Å². The van der Waals surface area contributed by atoms with Crippen molar-refractivity contribution < 1.29 is 4.42 Å². The summed E-state index contributed by atoms with van der Waals surface area (Å²) in [4.78, 5) is 0. The predicted molar refractivity (Wildman–Crippen MR) is 77.8 cm³/mol. The van der Waals surface area contributed by atoms with E-state index in [2.05, 4.69) is 39.8 Å². The van der Waals surface area contributed by atoms with E-state index in [4.69, 9.17) is 4.42 Å². The van der Waals surface area contributed by atoms with Crippen molar-refractivity contribution in [3.63, 3.8) is 0 Å². The van der Waals surface area contributed by atoms with E-state index in [1.54, 1.807) is 0 Å². The molecule has 0 saturated carbocycles. The van der Waals surface area contributed by atoms with Crippen LogP contribution in [0.5, 0.6) is 0 Å². The van der Waals surface area contributed by atoms with E-state index in [0.29, 0.717) is 5.92 Å². The maximum absolute atomic E-state index is 5.83. The van der Waals surface area contributed by atoms with E-state index >= 15 is 0 Å². The van der Waals surface area contributed by atoms with Crippen molar-refractivity contribution in [1.82, 2.24) is 15.5 Å². The van der Waals surface area contributed by atoms with Crippen LogP contribution in [0.2, 0.25) is 0 Å². The Morgan fingerprint density at radius 1 is 1.25 bits per heavy atom. The molecule has 3 rings (SSSR count). The van der Waals surface area contributed by atoms with Gasteiger partial charge in [0.2, 0.25) is 11.8 Å². The average Bonchev–Trinajstić information content (AvgIpc) is 2.96. The Kier molecular flexibility index (Phi) is 4.11. The van der Waals surface area contributed by atoms with Gasteiger partial charge in [0.1, 0.15) is 0 Å². The second-order valence-corrected chi connectivity index (χ2v) is 5.45. The number of hydrogen-bond donors (Lipinski definition) is 1. The number of fused-ring (bicyclic) bond motifs is 1. The Balaban J connectivity index is 1.66. The van der Waals surface area contributed by atoms with E-state index in [9.17, 15) is 0 Å². The van der Waals surface area contributed by atoms with Gasteiger partial charge in [-0.2, -0.15) is 0 Å². The van der Waals surface area contributed by atoms with E-state index < -0.39 is 0 Å². The molecule has 1 N–H and O–H groups in total. The van der Waals surface area contributed by atoms with Gasteiger partial charge in [-0.15, -0.1) is 10.2 Å². The van der Waals surface area contributed by atoms with E-state index in [0.717, 1.165) is 50.4 Å². The van der Waals surface area contributed by atoms with Gasteiger partial charge in [0.15, 0.2) is 0 Å². The van der Waals surface area contributed by atoms with Gasteiger partial charge in [-0.05, 0) is 50.4 Å². The van der Waals surface area contributed by atoms with Gasteiger partial charge in [0.05, 0.1) is 0 Å². The molecular weight excluding hydrogens is 250 g/mol. The number of aryl methyl sites for hydroxylation is 2. The van der Waals surface area contributed by atoms with Crippen LogP contribution < -0.4 is 5.32 Å². The molecule has 0 radical (unpaired) electrons. The van der Waals surface area contributed by atoms with Gasteiger partial charge in [-0.1, -0.05) is 24.3 Å². The maximum Gasteiger partial charge on any atom is 0.219 e. The Morgan fingerprint density at radius 2 is 2.10 bits per heavy atom. The summed E-state index contributed by atoms with van der Waals surface area (Å²) in [5, 5.41) is 11.6. The zero-order valence-electron chi connectivity index (χ0n) is 11.9. The highest BCUT2D eigenvalue weighted by Crippen LogP contribution is 2.31. The highest BCUT2D eigenvalue weighted by Gasteiger charge is 2.24. The molecule has 0 amide bonds. The average molecular weight is 271 g/mol. The molecule has 1 aliphatic carbocycles. The highest BCUT2D eigenvalue weighted by molar-refractivity contribution is 5.31. The molecule has 1 aromatic carbocycles. The number of benzene rings is 1. The minimum Gasteiger partial charge on any atom is -0.425 e. The number of rotatable bonds is 5. The molecule has 0 spiro atoms. The summed E-state index contributed by atoms with van der Waals surface area (Å²) < 4.78 is 5.83. The molecule has 0 fully saturated rings. The van der Waals surface area contributed by atoms with Crippen LogP contribution in [0.4, 0.5) is 0 Å². The van der Waals surface area contributed by atoms with Crippen LogP contribution in [0.15, 0.2) is 28.7 Å². The van der Waals surface area contributed by atoms with Gasteiger partial charge in [0, 0.05) is 12.3 Å². The molecule has 1 heterocycles. The minimum atomic E-state index is 0.385. The van der Waals surface area contributed by atoms with E-state index in [1.807, 2.05) is 7.05 Å². The zero-order valence-corrected chi connectivity index (χ0v) is 11.9. The normalized spacial score (nSPS) is 17.9. The van der Waals surface area contributed by atoms with Gasteiger partial charge in [-0.25, -0.2) is 0 Å². The second kappa shape index (κ2) is 6.18. The minimum absolute atomic E-state index is 0.385. The first-order chi connectivity index (χ1) is 9.86. The first-order valence-corrected chi connectivity index (χ1v) is 7.40. The lowest BCUT2D eigenvalue weighted by molar-refractivity contribution is 0.392. The molecule has 0 saturated heterocycles. The maximum atomic E-state index is 5.83. The van der Waals surface area contributed by atoms with Crippen molar-refractivity contribution in [1.29, 1.82) is 0 Å². The van der Waals surface area contributed by atoms with Crippen LogP contribution in [0.1, 0.15) is 41.7 Å². The molecule has 4 nitrogen and oxygen atoms in total.